The number of anilines is 1. The van der Waals surface area contributed by atoms with Gasteiger partial charge in [0, 0.05) is 37.4 Å². The van der Waals surface area contributed by atoms with Crippen LogP contribution in [-0.4, -0.2) is 35.1 Å². The molecule has 0 aromatic carbocycles. The fourth-order valence-electron chi connectivity index (χ4n) is 2.55. The van der Waals surface area contributed by atoms with E-state index in [1.807, 2.05) is 11.1 Å². The summed E-state index contributed by atoms with van der Waals surface area (Å²) in [5.74, 6) is 0.992. The highest BCUT2D eigenvalue weighted by Gasteiger charge is 2.32. The van der Waals surface area contributed by atoms with Gasteiger partial charge in [-0.3, -0.25) is 9.69 Å². The number of carbonyl (C=O) groups excluding carboxylic acids is 1. The first kappa shape index (κ1) is 10.7. The fourth-order valence-corrected chi connectivity index (χ4v) is 2.55. The Morgan fingerprint density at radius 2 is 2.12 bits per heavy atom. The zero-order chi connectivity index (χ0) is 11.7. The zero-order valence-corrected chi connectivity index (χ0v) is 9.63. The Hall–Kier alpha value is -1.49. The molecule has 3 rings (SSSR count). The summed E-state index contributed by atoms with van der Waals surface area (Å²) in [7, 11) is 0. The molecule has 0 spiro atoms. The third-order valence-electron chi connectivity index (χ3n) is 3.43. The van der Waals surface area contributed by atoms with Crippen LogP contribution in [0.25, 0.3) is 0 Å². The third-order valence-corrected chi connectivity index (χ3v) is 3.43. The molecule has 0 N–H and O–H groups in total. The minimum Gasteiger partial charge on any atom is -0.381 e. The van der Waals surface area contributed by atoms with E-state index in [0.29, 0.717) is 6.42 Å². The van der Waals surface area contributed by atoms with Crippen molar-refractivity contribution in [1.29, 1.82) is 0 Å². The van der Waals surface area contributed by atoms with Crippen LogP contribution in [-0.2, 0) is 16.0 Å². The number of nitrogens with zero attached hydrogens (tertiary/aromatic N) is 3. The standard InChI is InChI=1S/C12H15N3O2/c16-11-2-1-9-7-13-8-14-12(9)15(11)10-3-5-17-6-4-10/h7-8,10H,1-6H2. The molecule has 1 aromatic rings. The fraction of sp³-hybridized carbons (Fsp3) is 0.583. The highest BCUT2D eigenvalue weighted by Crippen LogP contribution is 2.29. The first-order valence-electron chi connectivity index (χ1n) is 6.05. The third kappa shape index (κ3) is 1.91. The average molecular weight is 233 g/mol. The lowest BCUT2D eigenvalue weighted by Crippen LogP contribution is -2.46. The summed E-state index contributed by atoms with van der Waals surface area (Å²) >= 11 is 0. The van der Waals surface area contributed by atoms with Crippen molar-refractivity contribution in [3.05, 3.63) is 18.1 Å². The summed E-state index contributed by atoms with van der Waals surface area (Å²) in [6.07, 6.45) is 6.46. The summed E-state index contributed by atoms with van der Waals surface area (Å²) in [5, 5.41) is 0. The van der Waals surface area contributed by atoms with E-state index < -0.39 is 0 Å². The predicted molar refractivity (Wildman–Crippen MR) is 61.7 cm³/mol. The van der Waals surface area contributed by atoms with Gasteiger partial charge in [0.1, 0.15) is 12.1 Å². The first-order chi connectivity index (χ1) is 8.36. The van der Waals surface area contributed by atoms with E-state index >= 15 is 0 Å². The summed E-state index contributed by atoms with van der Waals surface area (Å²) in [6.45, 7) is 1.46. The van der Waals surface area contributed by atoms with E-state index in [0.717, 1.165) is 43.9 Å². The molecule has 1 aromatic heterocycles. The van der Waals surface area contributed by atoms with Gasteiger partial charge in [-0.1, -0.05) is 0 Å². The van der Waals surface area contributed by atoms with Crippen molar-refractivity contribution < 1.29 is 9.53 Å². The SMILES string of the molecule is O=C1CCc2cncnc2N1C1CCOCC1. The van der Waals surface area contributed by atoms with Crippen molar-refractivity contribution in [2.75, 3.05) is 18.1 Å². The van der Waals surface area contributed by atoms with Crippen LogP contribution in [0.15, 0.2) is 12.5 Å². The smallest absolute Gasteiger partial charge is 0.228 e. The topological polar surface area (TPSA) is 55.3 Å². The van der Waals surface area contributed by atoms with Gasteiger partial charge >= 0.3 is 0 Å². The molecule has 0 unspecified atom stereocenters. The van der Waals surface area contributed by atoms with Crippen LogP contribution in [0.2, 0.25) is 0 Å². The number of hydrogen-bond donors (Lipinski definition) is 0. The molecule has 90 valence electrons. The maximum Gasteiger partial charge on any atom is 0.228 e. The minimum atomic E-state index is 0.183. The highest BCUT2D eigenvalue weighted by atomic mass is 16.5. The van der Waals surface area contributed by atoms with Crippen molar-refractivity contribution in [2.24, 2.45) is 0 Å². The molecule has 1 fully saturated rings. The highest BCUT2D eigenvalue weighted by molar-refractivity contribution is 5.95. The Labute approximate surface area is 99.8 Å². The molecule has 0 saturated carbocycles. The molecule has 0 bridgehead atoms. The summed E-state index contributed by atoms with van der Waals surface area (Å²) < 4.78 is 5.34. The number of fused-ring (bicyclic) bond motifs is 1. The van der Waals surface area contributed by atoms with Crippen LogP contribution in [0.5, 0.6) is 0 Å². The van der Waals surface area contributed by atoms with Crippen LogP contribution in [0.4, 0.5) is 5.82 Å². The second-order valence-corrected chi connectivity index (χ2v) is 4.48. The number of aromatic nitrogens is 2. The largest absolute Gasteiger partial charge is 0.381 e. The zero-order valence-electron chi connectivity index (χ0n) is 9.63. The van der Waals surface area contributed by atoms with Crippen LogP contribution < -0.4 is 4.90 Å². The Morgan fingerprint density at radius 3 is 2.94 bits per heavy atom. The second kappa shape index (κ2) is 4.41. The maximum atomic E-state index is 12.1. The number of rotatable bonds is 1. The number of aryl methyl sites for hydroxylation is 1. The Balaban J connectivity index is 1.94. The van der Waals surface area contributed by atoms with Gasteiger partial charge in [0.25, 0.3) is 0 Å². The molecule has 5 heteroatoms. The average Bonchev–Trinajstić information content (AvgIpc) is 2.39. The Bertz CT molecular complexity index is 430. The van der Waals surface area contributed by atoms with Crippen molar-refractivity contribution >= 4 is 11.7 Å². The van der Waals surface area contributed by atoms with Gasteiger partial charge in [-0.05, 0) is 19.3 Å². The molecule has 1 amide bonds. The summed E-state index contributed by atoms with van der Waals surface area (Å²) in [6, 6.07) is 0.241. The molecule has 0 atom stereocenters. The van der Waals surface area contributed by atoms with Crippen molar-refractivity contribution in [1.82, 2.24) is 9.97 Å². The molecule has 5 nitrogen and oxygen atoms in total. The van der Waals surface area contributed by atoms with Gasteiger partial charge in [-0.15, -0.1) is 0 Å². The van der Waals surface area contributed by atoms with Crippen molar-refractivity contribution in [2.45, 2.75) is 31.7 Å². The van der Waals surface area contributed by atoms with Crippen LogP contribution in [0.3, 0.4) is 0 Å². The van der Waals surface area contributed by atoms with Crippen LogP contribution >= 0.6 is 0 Å². The van der Waals surface area contributed by atoms with E-state index in [2.05, 4.69) is 9.97 Å². The minimum absolute atomic E-state index is 0.183. The van der Waals surface area contributed by atoms with Crippen LogP contribution in [0.1, 0.15) is 24.8 Å². The Morgan fingerprint density at radius 1 is 1.29 bits per heavy atom. The van der Waals surface area contributed by atoms with Crippen molar-refractivity contribution in [3.8, 4) is 0 Å². The number of ether oxygens (including phenoxy) is 1. The maximum absolute atomic E-state index is 12.1. The molecule has 17 heavy (non-hydrogen) atoms. The van der Waals surface area contributed by atoms with E-state index in [9.17, 15) is 4.79 Å². The van der Waals surface area contributed by atoms with E-state index in [1.54, 1.807) is 0 Å². The molecule has 0 aliphatic carbocycles. The molecule has 0 radical (unpaired) electrons. The number of carbonyl (C=O) groups is 1. The van der Waals surface area contributed by atoms with Gasteiger partial charge in [0.2, 0.25) is 5.91 Å². The summed E-state index contributed by atoms with van der Waals surface area (Å²) in [5.41, 5.74) is 1.08. The van der Waals surface area contributed by atoms with E-state index in [1.165, 1.54) is 6.33 Å². The summed E-state index contributed by atoms with van der Waals surface area (Å²) in [4.78, 5) is 22.3. The van der Waals surface area contributed by atoms with Gasteiger partial charge in [-0.25, -0.2) is 9.97 Å². The number of hydrogen-bond acceptors (Lipinski definition) is 4. The van der Waals surface area contributed by atoms with Gasteiger partial charge < -0.3 is 4.74 Å². The lowest BCUT2D eigenvalue weighted by Gasteiger charge is -2.36. The lowest BCUT2D eigenvalue weighted by molar-refractivity contribution is -0.119. The van der Waals surface area contributed by atoms with Gasteiger partial charge in [0.15, 0.2) is 0 Å². The molecule has 2 aliphatic heterocycles. The molecular weight excluding hydrogens is 218 g/mol. The molecule has 3 heterocycles. The molecular formula is C12H15N3O2. The normalized spacial score (nSPS) is 21.4. The van der Waals surface area contributed by atoms with E-state index in [-0.39, 0.29) is 11.9 Å². The molecule has 1 saturated heterocycles. The van der Waals surface area contributed by atoms with Crippen molar-refractivity contribution in [3.63, 3.8) is 0 Å². The van der Waals surface area contributed by atoms with Crippen LogP contribution in [0, 0.1) is 0 Å². The molecule has 2 aliphatic rings. The van der Waals surface area contributed by atoms with E-state index in [4.69, 9.17) is 4.74 Å². The second-order valence-electron chi connectivity index (χ2n) is 4.48. The first-order valence-corrected chi connectivity index (χ1v) is 6.05. The van der Waals surface area contributed by atoms with Gasteiger partial charge in [-0.2, -0.15) is 0 Å². The quantitative estimate of drug-likeness (QED) is 0.724. The lowest BCUT2D eigenvalue weighted by atomic mass is 10.0. The van der Waals surface area contributed by atoms with Gasteiger partial charge in [0.05, 0.1) is 0 Å². The number of amides is 1. The Kier molecular flexibility index (Phi) is 2.76. The predicted octanol–water partition coefficient (Wildman–Crippen LogP) is 0.935. The monoisotopic (exact) mass is 233 g/mol.